The van der Waals surface area contributed by atoms with Gasteiger partial charge in [-0.2, -0.15) is 0 Å². The molecular formula is C9H9O6S-. The Kier molecular flexibility index (Phi) is 3.20. The van der Waals surface area contributed by atoms with E-state index in [4.69, 9.17) is 0 Å². The molecular weight excluding hydrogens is 236 g/mol. The number of rotatable bonds is 3. The maximum atomic E-state index is 11.0. The fraction of sp³-hybridized carbons (Fsp3) is 0.222. The second-order valence-corrected chi connectivity index (χ2v) is 4.38. The van der Waals surface area contributed by atoms with E-state index in [0.717, 1.165) is 26.2 Å². The molecule has 0 fully saturated rings. The van der Waals surface area contributed by atoms with Gasteiger partial charge in [0, 0.05) is 6.07 Å². The molecule has 0 radical (unpaired) electrons. The first-order chi connectivity index (χ1) is 7.27. The Hall–Kier alpha value is -1.60. The van der Waals surface area contributed by atoms with Crippen LogP contribution >= 0.6 is 0 Å². The molecule has 1 N–H and O–H groups in total. The summed E-state index contributed by atoms with van der Waals surface area (Å²) in [5.41, 5.74) is -0.241. The molecule has 0 atom stereocenters. The summed E-state index contributed by atoms with van der Waals surface area (Å²) in [5, 5.41) is 9.39. The van der Waals surface area contributed by atoms with Crippen LogP contribution < -0.4 is 4.74 Å². The number of ketones is 1. The topological polar surface area (TPSA) is 104 Å². The molecule has 0 bridgehead atoms. The van der Waals surface area contributed by atoms with Crippen LogP contribution in [0.15, 0.2) is 17.0 Å². The molecule has 0 amide bonds. The molecule has 0 saturated heterocycles. The van der Waals surface area contributed by atoms with Crippen molar-refractivity contribution in [2.45, 2.75) is 11.8 Å². The Labute approximate surface area is 92.2 Å². The van der Waals surface area contributed by atoms with E-state index in [2.05, 4.69) is 4.74 Å². The number of carbonyl (C=O) groups excluding carboxylic acids is 1. The summed E-state index contributed by atoms with van der Waals surface area (Å²) in [6, 6.07) is 1.72. The second kappa shape index (κ2) is 4.11. The van der Waals surface area contributed by atoms with Crippen molar-refractivity contribution in [1.82, 2.24) is 0 Å². The highest BCUT2D eigenvalue weighted by molar-refractivity contribution is 7.85. The lowest BCUT2D eigenvalue weighted by Crippen LogP contribution is -2.04. The zero-order valence-corrected chi connectivity index (χ0v) is 9.37. The van der Waals surface area contributed by atoms with Gasteiger partial charge in [0.15, 0.2) is 5.78 Å². The number of methoxy groups -OCH3 is 1. The van der Waals surface area contributed by atoms with Crippen molar-refractivity contribution < 1.29 is 27.6 Å². The van der Waals surface area contributed by atoms with Crippen LogP contribution in [0.25, 0.3) is 0 Å². The van der Waals surface area contributed by atoms with Gasteiger partial charge in [0.25, 0.3) is 0 Å². The summed E-state index contributed by atoms with van der Waals surface area (Å²) in [5.74, 6) is -1.28. The van der Waals surface area contributed by atoms with Crippen LogP contribution in [0.3, 0.4) is 0 Å². The molecule has 16 heavy (non-hydrogen) atoms. The molecule has 1 aromatic carbocycles. The molecule has 88 valence electrons. The smallest absolute Gasteiger partial charge is 0.163 e. The van der Waals surface area contributed by atoms with E-state index in [1.54, 1.807) is 0 Å². The van der Waals surface area contributed by atoms with Crippen LogP contribution in [0.1, 0.15) is 17.3 Å². The molecule has 0 heterocycles. The highest BCUT2D eigenvalue weighted by Crippen LogP contribution is 2.31. The standard InChI is InChI=1S/C9H10O6S/c1-5(10)6-3-9(16(12,13)14)8(15-2)4-7(6)11/h3-4,11H,1-2H3,(H,12,13,14)/p-1. The van der Waals surface area contributed by atoms with Crippen molar-refractivity contribution in [1.29, 1.82) is 0 Å². The monoisotopic (exact) mass is 245 g/mol. The average molecular weight is 245 g/mol. The van der Waals surface area contributed by atoms with E-state index in [-0.39, 0.29) is 11.3 Å². The van der Waals surface area contributed by atoms with Crippen molar-refractivity contribution in [2.75, 3.05) is 7.11 Å². The molecule has 1 aromatic rings. The maximum Gasteiger partial charge on any atom is 0.163 e. The van der Waals surface area contributed by atoms with E-state index in [1.165, 1.54) is 0 Å². The van der Waals surface area contributed by atoms with Gasteiger partial charge < -0.3 is 14.4 Å². The first-order valence-electron chi connectivity index (χ1n) is 4.15. The summed E-state index contributed by atoms with van der Waals surface area (Å²) in [7, 11) is -3.61. The third-order valence-electron chi connectivity index (χ3n) is 1.93. The number of Topliss-reactive ketones (excluding diaryl/α,β-unsaturated/α-hetero) is 1. The molecule has 0 saturated carbocycles. The highest BCUT2D eigenvalue weighted by atomic mass is 32.2. The summed E-state index contributed by atoms with van der Waals surface area (Å²) in [4.78, 5) is 10.4. The fourth-order valence-corrected chi connectivity index (χ4v) is 1.84. The molecule has 0 unspecified atom stereocenters. The van der Waals surface area contributed by atoms with E-state index >= 15 is 0 Å². The number of phenols is 1. The third-order valence-corrected chi connectivity index (χ3v) is 2.79. The van der Waals surface area contributed by atoms with Crippen LogP contribution in [0.5, 0.6) is 11.5 Å². The van der Waals surface area contributed by atoms with E-state index in [1.807, 2.05) is 0 Å². The quantitative estimate of drug-likeness (QED) is 0.614. The van der Waals surface area contributed by atoms with Crippen LogP contribution in [-0.4, -0.2) is 31.0 Å². The van der Waals surface area contributed by atoms with E-state index < -0.39 is 26.5 Å². The molecule has 0 aliphatic heterocycles. The molecule has 1 rings (SSSR count). The van der Waals surface area contributed by atoms with Crippen LogP contribution in [0, 0.1) is 0 Å². The Morgan fingerprint density at radius 1 is 1.44 bits per heavy atom. The van der Waals surface area contributed by atoms with Gasteiger partial charge in [-0.3, -0.25) is 4.79 Å². The lowest BCUT2D eigenvalue weighted by atomic mass is 10.1. The number of ether oxygens (including phenoxy) is 1. The van der Waals surface area contributed by atoms with Gasteiger partial charge >= 0.3 is 0 Å². The van der Waals surface area contributed by atoms with Crippen molar-refractivity contribution in [3.05, 3.63) is 17.7 Å². The van der Waals surface area contributed by atoms with Crippen molar-refractivity contribution in [2.24, 2.45) is 0 Å². The van der Waals surface area contributed by atoms with Gasteiger partial charge in [-0.25, -0.2) is 8.42 Å². The Morgan fingerprint density at radius 3 is 2.38 bits per heavy atom. The minimum absolute atomic E-state index is 0.241. The summed E-state index contributed by atoms with van der Waals surface area (Å²) >= 11 is 0. The molecule has 0 aliphatic rings. The number of benzene rings is 1. The predicted octanol–water partition coefficient (Wildman–Crippen LogP) is 0.508. The molecule has 0 spiro atoms. The normalized spacial score (nSPS) is 11.2. The Balaban J connectivity index is 3.60. The minimum atomic E-state index is -4.76. The van der Waals surface area contributed by atoms with Crippen molar-refractivity contribution >= 4 is 15.9 Å². The van der Waals surface area contributed by atoms with E-state index in [9.17, 15) is 22.9 Å². The zero-order valence-electron chi connectivity index (χ0n) is 8.55. The first kappa shape index (κ1) is 12.5. The van der Waals surface area contributed by atoms with Gasteiger partial charge in [-0.15, -0.1) is 0 Å². The first-order valence-corrected chi connectivity index (χ1v) is 5.56. The van der Waals surface area contributed by atoms with Gasteiger partial charge in [-0.1, -0.05) is 0 Å². The van der Waals surface area contributed by atoms with Gasteiger partial charge in [-0.05, 0) is 13.0 Å². The zero-order chi connectivity index (χ0) is 12.5. The number of aromatic hydroxyl groups is 1. The lowest BCUT2D eigenvalue weighted by Gasteiger charge is -2.13. The van der Waals surface area contributed by atoms with Crippen LogP contribution in [0.2, 0.25) is 0 Å². The van der Waals surface area contributed by atoms with E-state index in [0.29, 0.717) is 0 Å². The van der Waals surface area contributed by atoms with Gasteiger partial charge in [0.1, 0.15) is 21.6 Å². The second-order valence-electron chi connectivity index (χ2n) is 3.03. The maximum absolute atomic E-state index is 11.0. The predicted molar refractivity (Wildman–Crippen MR) is 52.6 cm³/mol. The summed E-state index contributed by atoms with van der Waals surface area (Å²) in [6.07, 6.45) is 0. The number of phenolic OH excluding ortho intramolecular Hbond substituents is 1. The largest absolute Gasteiger partial charge is 0.744 e. The number of carbonyl (C=O) groups is 1. The van der Waals surface area contributed by atoms with Gasteiger partial charge in [0.05, 0.1) is 17.6 Å². The summed E-state index contributed by atoms with van der Waals surface area (Å²) < 4.78 is 37.2. The SMILES string of the molecule is COc1cc(O)c(C(C)=O)cc1S(=O)(=O)[O-]. The van der Waals surface area contributed by atoms with Crippen LogP contribution in [-0.2, 0) is 10.1 Å². The number of hydrogen-bond acceptors (Lipinski definition) is 6. The Morgan fingerprint density at radius 2 is 2.00 bits per heavy atom. The highest BCUT2D eigenvalue weighted by Gasteiger charge is 2.16. The molecule has 0 aromatic heterocycles. The number of hydrogen-bond donors (Lipinski definition) is 1. The molecule has 7 heteroatoms. The third kappa shape index (κ3) is 2.31. The summed E-state index contributed by atoms with van der Waals surface area (Å²) in [6.45, 7) is 1.14. The fourth-order valence-electron chi connectivity index (χ4n) is 1.19. The lowest BCUT2D eigenvalue weighted by molar-refractivity contribution is 0.101. The van der Waals surface area contributed by atoms with Gasteiger partial charge in [0.2, 0.25) is 0 Å². The van der Waals surface area contributed by atoms with Crippen LogP contribution in [0.4, 0.5) is 0 Å². The minimum Gasteiger partial charge on any atom is -0.744 e. The Bertz CT molecular complexity index is 531. The molecule has 6 nitrogen and oxygen atoms in total. The molecule has 0 aliphatic carbocycles. The average Bonchev–Trinajstić information content (AvgIpc) is 2.14. The van der Waals surface area contributed by atoms with Crippen molar-refractivity contribution in [3.63, 3.8) is 0 Å². The van der Waals surface area contributed by atoms with Crippen molar-refractivity contribution in [3.8, 4) is 11.5 Å².